The summed E-state index contributed by atoms with van der Waals surface area (Å²) in [6, 6.07) is 8.85. The van der Waals surface area contributed by atoms with Crippen LogP contribution in [0, 0.1) is 18.6 Å². The zero-order valence-corrected chi connectivity index (χ0v) is 11.5. The second-order valence-electron chi connectivity index (χ2n) is 4.35. The fourth-order valence-electron chi connectivity index (χ4n) is 1.72. The van der Waals surface area contributed by atoms with Gasteiger partial charge in [0.25, 0.3) is 0 Å². The van der Waals surface area contributed by atoms with Gasteiger partial charge in [-0.25, -0.2) is 21.9 Å². The minimum atomic E-state index is -3.82. The Morgan fingerprint density at radius 1 is 1.05 bits per heavy atom. The van der Waals surface area contributed by atoms with Crippen molar-refractivity contribution in [1.82, 2.24) is 4.72 Å². The van der Waals surface area contributed by atoms with Crippen LogP contribution in [0.4, 0.5) is 8.78 Å². The highest BCUT2D eigenvalue weighted by Gasteiger charge is 2.14. The molecule has 0 fully saturated rings. The van der Waals surface area contributed by atoms with Gasteiger partial charge in [-0.1, -0.05) is 12.1 Å². The molecule has 2 rings (SSSR count). The second kappa shape index (κ2) is 5.68. The molecule has 20 heavy (non-hydrogen) atoms. The smallest absolute Gasteiger partial charge is 0.207 e. The monoisotopic (exact) mass is 297 g/mol. The third-order valence-electron chi connectivity index (χ3n) is 2.87. The van der Waals surface area contributed by atoms with E-state index in [0.29, 0.717) is 5.56 Å². The molecule has 6 heteroatoms. The van der Waals surface area contributed by atoms with Gasteiger partial charge in [-0.3, -0.25) is 0 Å². The maximum atomic E-state index is 13.1. The number of halogens is 2. The van der Waals surface area contributed by atoms with E-state index in [2.05, 4.69) is 4.72 Å². The molecule has 0 bridgehead atoms. The molecule has 0 unspecified atom stereocenters. The van der Waals surface area contributed by atoms with Crippen molar-refractivity contribution in [2.75, 3.05) is 0 Å². The molecule has 0 saturated carbocycles. The van der Waals surface area contributed by atoms with Gasteiger partial charge in [0.1, 0.15) is 11.6 Å². The number of sulfonamides is 1. The normalized spacial score (nSPS) is 11.6. The summed E-state index contributed by atoms with van der Waals surface area (Å²) in [7, 11) is -3.82. The number of aryl methyl sites for hydroxylation is 1. The highest BCUT2D eigenvalue weighted by Crippen LogP contribution is 2.13. The highest BCUT2D eigenvalue weighted by molar-refractivity contribution is 7.89. The number of rotatable bonds is 4. The Labute approximate surface area is 116 Å². The second-order valence-corrected chi connectivity index (χ2v) is 6.12. The Morgan fingerprint density at radius 2 is 1.75 bits per heavy atom. The van der Waals surface area contributed by atoms with Gasteiger partial charge >= 0.3 is 0 Å². The van der Waals surface area contributed by atoms with Gasteiger partial charge in [-0.15, -0.1) is 0 Å². The summed E-state index contributed by atoms with van der Waals surface area (Å²) in [5.74, 6) is -1.06. The largest absolute Gasteiger partial charge is 0.240 e. The van der Waals surface area contributed by atoms with Crippen molar-refractivity contribution in [3.05, 3.63) is 65.2 Å². The Morgan fingerprint density at radius 3 is 2.45 bits per heavy atom. The van der Waals surface area contributed by atoms with E-state index in [1.54, 1.807) is 13.0 Å². The van der Waals surface area contributed by atoms with Gasteiger partial charge in [0, 0.05) is 6.54 Å². The molecule has 0 aromatic heterocycles. The lowest BCUT2D eigenvalue weighted by Gasteiger charge is -2.09. The average molecular weight is 297 g/mol. The third kappa shape index (κ3) is 3.40. The summed E-state index contributed by atoms with van der Waals surface area (Å²) in [5, 5.41) is 0. The summed E-state index contributed by atoms with van der Waals surface area (Å²) in [5.41, 5.74) is 1.30. The molecule has 0 aliphatic rings. The van der Waals surface area contributed by atoms with E-state index >= 15 is 0 Å². The number of hydrogen-bond donors (Lipinski definition) is 1. The maximum Gasteiger partial charge on any atom is 0.240 e. The first-order chi connectivity index (χ1) is 9.38. The van der Waals surface area contributed by atoms with Crippen LogP contribution in [0.5, 0.6) is 0 Å². The van der Waals surface area contributed by atoms with Gasteiger partial charge in [-0.2, -0.15) is 0 Å². The number of nitrogens with one attached hydrogen (secondary N) is 1. The van der Waals surface area contributed by atoms with Crippen LogP contribution in [-0.4, -0.2) is 8.42 Å². The predicted octanol–water partition coefficient (Wildman–Crippen LogP) is 2.75. The number of hydrogen-bond acceptors (Lipinski definition) is 2. The van der Waals surface area contributed by atoms with Crippen molar-refractivity contribution in [3.8, 4) is 0 Å². The number of benzene rings is 2. The first kappa shape index (κ1) is 14.6. The summed E-state index contributed by atoms with van der Waals surface area (Å²) in [4.78, 5) is -0.161. The zero-order chi connectivity index (χ0) is 14.8. The minimum Gasteiger partial charge on any atom is -0.207 e. The molecule has 0 heterocycles. The minimum absolute atomic E-state index is 0.0531. The van der Waals surface area contributed by atoms with Gasteiger partial charge in [0.2, 0.25) is 10.0 Å². The molecule has 0 saturated heterocycles. The molecule has 0 aliphatic carbocycles. The van der Waals surface area contributed by atoms with E-state index in [4.69, 9.17) is 0 Å². The van der Waals surface area contributed by atoms with Crippen LogP contribution in [0.3, 0.4) is 0 Å². The molecule has 2 aromatic rings. The SMILES string of the molecule is Cc1ccc(F)cc1CNS(=O)(=O)c1cccc(F)c1. The Bertz CT molecular complexity index is 730. The van der Waals surface area contributed by atoms with E-state index in [9.17, 15) is 17.2 Å². The lowest BCUT2D eigenvalue weighted by molar-refractivity contribution is 0.576. The van der Waals surface area contributed by atoms with Crippen LogP contribution < -0.4 is 4.72 Å². The van der Waals surface area contributed by atoms with Crippen molar-refractivity contribution in [1.29, 1.82) is 0 Å². The van der Waals surface area contributed by atoms with Crippen LogP contribution in [-0.2, 0) is 16.6 Å². The molecule has 0 atom stereocenters. The van der Waals surface area contributed by atoms with E-state index in [1.165, 1.54) is 24.3 Å². The van der Waals surface area contributed by atoms with Crippen LogP contribution in [0.1, 0.15) is 11.1 Å². The van der Waals surface area contributed by atoms with Crippen molar-refractivity contribution < 1.29 is 17.2 Å². The summed E-state index contributed by atoms with van der Waals surface area (Å²) < 4.78 is 52.4. The molecule has 0 amide bonds. The zero-order valence-electron chi connectivity index (χ0n) is 10.7. The molecule has 0 radical (unpaired) electrons. The van der Waals surface area contributed by atoms with Crippen LogP contribution in [0.25, 0.3) is 0 Å². The standard InChI is InChI=1S/C14H13F2NO2S/c1-10-5-6-13(16)7-11(10)9-17-20(18,19)14-4-2-3-12(15)8-14/h2-8,17H,9H2,1H3. The van der Waals surface area contributed by atoms with Crippen LogP contribution in [0.15, 0.2) is 47.4 Å². The molecular weight excluding hydrogens is 284 g/mol. The van der Waals surface area contributed by atoms with E-state index < -0.39 is 21.7 Å². The summed E-state index contributed by atoms with van der Waals surface area (Å²) in [6.07, 6.45) is 0. The fraction of sp³-hybridized carbons (Fsp3) is 0.143. The first-order valence-corrected chi connectivity index (χ1v) is 7.37. The molecule has 1 N–H and O–H groups in total. The molecule has 106 valence electrons. The van der Waals surface area contributed by atoms with E-state index in [-0.39, 0.29) is 11.4 Å². The molecule has 2 aromatic carbocycles. The van der Waals surface area contributed by atoms with Crippen molar-refractivity contribution in [3.63, 3.8) is 0 Å². The van der Waals surface area contributed by atoms with Gasteiger partial charge in [0.15, 0.2) is 0 Å². The maximum absolute atomic E-state index is 13.1. The van der Waals surface area contributed by atoms with Crippen LogP contribution in [0.2, 0.25) is 0 Å². The average Bonchev–Trinajstić information content (AvgIpc) is 2.40. The fourth-order valence-corrected chi connectivity index (χ4v) is 2.76. The lowest BCUT2D eigenvalue weighted by atomic mass is 10.1. The lowest BCUT2D eigenvalue weighted by Crippen LogP contribution is -2.23. The van der Waals surface area contributed by atoms with Gasteiger partial charge in [-0.05, 0) is 48.4 Å². The molecule has 3 nitrogen and oxygen atoms in total. The quantitative estimate of drug-likeness (QED) is 0.943. The van der Waals surface area contributed by atoms with Crippen molar-refractivity contribution >= 4 is 10.0 Å². The van der Waals surface area contributed by atoms with Crippen LogP contribution >= 0.6 is 0 Å². The molecule has 0 spiro atoms. The van der Waals surface area contributed by atoms with Crippen molar-refractivity contribution in [2.24, 2.45) is 0 Å². The van der Waals surface area contributed by atoms with Gasteiger partial charge in [0.05, 0.1) is 4.90 Å². The molecule has 0 aliphatic heterocycles. The summed E-state index contributed by atoms with van der Waals surface area (Å²) >= 11 is 0. The molecular formula is C14H13F2NO2S. The van der Waals surface area contributed by atoms with Gasteiger partial charge < -0.3 is 0 Å². The highest BCUT2D eigenvalue weighted by atomic mass is 32.2. The topological polar surface area (TPSA) is 46.2 Å². The Kier molecular flexibility index (Phi) is 4.15. The third-order valence-corrected chi connectivity index (χ3v) is 4.27. The predicted molar refractivity (Wildman–Crippen MR) is 71.6 cm³/mol. The first-order valence-electron chi connectivity index (χ1n) is 5.89. The Balaban J connectivity index is 2.19. The van der Waals surface area contributed by atoms with E-state index in [0.717, 1.165) is 17.7 Å². The Hall–Kier alpha value is -1.79. The van der Waals surface area contributed by atoms with E-state index in [1.807, 2.05) is 0 Å². The summed E-state index contributed by atoms with van der Waals surface area (Å²) in [6.45, 7) is 1.70. The van der Waals surface area contributed by atoms with Crippen molar-refractivity contribution in [2.45, 2.75) is 18.4 Å².